The van der Waals surface area contributed by atoms with E-state index in [4.69, 9.17) is 0 Å². The van der Waals surface area contributed by atoms with Crippen LogP contribution in [0.3, 0.4) is 0 Å². The Balaban J connectivity index is 1.64. The van der Waals surface area contributed by atoms with E-state index in [2.05, 4.69) is 19.2 Å². The van der Waals surface area contributed by atoms with Gasteiger partial charge in [-0.3, -0.25) is 4.79 Å². The first-order chi connectivity index (χ1) is 12.8. The molecule has 0 radical (unpaired) electrons. The fraction of sp³-hybridized carbons (Fsp3) is 0.650. The van der Waals surface area contributed by atoms with E-state index < -0.39 is 10.0 Å². The molecule has 0 unspecified atom stereocenters. The van der Waals surface area contributed by atoms with Gasteiger partial charge in [-0.1, -0.05) is 26.3 Å². The van der Waals surface area contributed by atoms with Gasteiger partial charge in [-0.15, -0.1) is 0 Å². The van der Waals surface area contributed by atoms with Gasteiger partial charge in [-0.05, 0) is 37.5 Å². The maximum Gasteiger partial charge on any atom is 0.279 e. The number of carbonyl (C=O) groups excluding carboxylic acids is 1. The van der Waals surface area contributed by atoms with Gasteiger partial charge in [0.15, 0.2) is 6.54 Å². The van der Waals surface area contributed by atoms with Gasteiger partial charge in [-0.25, -0.2) is 8.42 Å². The number of rotatable bonds is 5. The van der Waals surface area contributed by atoms with Crippen LogP contribution < -0.4 is 10.2 Å². The molecule has 0 bridgehead atoms. The molecule has 150 valence electrons. The molecule has 1 aromatic carbocycles. The van der Waals surface area contributed by atoms with Gasteiger partial charge in [0.25, 0.3) is 5.91 Å². The maximum absolute atomic E-state index is 12.8. The highest BCUT2D eigenvalue weighted by Crippen LogP contribution is 2.22. The van der Waals surface area contributed by atoms with Gasteiger partial charge in [-0.2, -0.15) is 4.31 Å². The maximum atomic E-state index is 12.8. The van der Waals surface area contributed by atoms with E-state index in [9.17, 15) is 13.2 Å². The van der Waals surface area contributed by atoms with Crippen molar-refractivity contribution >= 4 is 21.6 Å². The monoisotopic (exact) mass is 394 g/mol. The minimum absolute atomic E-state index is 0.0566. The number of likely N-dealkylation sites (tertiary alicyclic amines) is 1. The summed E-state index contributed by atoms with van der Waals surface area (Å²) in [5, 5.41) is 2.89. The lowest BCUT2D eigenvalue weighted by Crippen LogP contribution is -3.15. The third-order valence-electron chi connectivity index (χ3n) is 5.56. The standard InChI is InChI=1S/C20H31N3O3S/c1-16-11-17(2)14-22(13-16)15-20(24)21-18-7-6-8-19(12-18)27(25,26)23-9-4-3-5-10-23/h6-8,12,16-17H,3-5,9-11,13-15H2,1-2H3,(H,21,24)/p+1/t16-,17-/m0/s1. The molecular formula is C20H32N3O3S+. The van der Waals surface area contributed by atoms with Gasteiger partial charge in [0.1, 0.15) is 0 Å². The van der Waals surface area contributed by atoms with Crippen LogP contribution in [0.15, 0.2) is 29.2 Å². The van der Waals surface area contributed by atoms with Crippen molar-refractivity contribution in [3.05, 3.63) is 24.3 Å². The Morgan fingerprint density at radius 2 is 1.81 bits per heavy atom. The zero-order valence-corrected chi connectivity index (χ0v) is 17.2. The summed E-state index contributed by atoms with van der Waals surface area (Å²) in [7, 11) is -3.49. The number of hydrogen-bond acceptors (Lipinski definition) is 3. The van der Waals surface area contributed by atoms with Gasteiger partial charge in [0.2, 0.25) is 10.0 Å². The van der Waals surface area contributed by atoms with Crippen LogP contribution in [-0.2, 0) is 14.8 Å². The lowest BCUT2D eigenvalue weighted by atomic mass is 9.92. The normalized spacial score (nSPS) is 27.3. The molecule has 3 rings (SSSR count). The van der Waals surface area contributed by atoms with Crippen LogP contribution in [0.4, 0.5) is 5.69 Å². The number of hydrogen-bond donors (Lipinski definition) is 2. The van der Waals surface area contributed by atoms with Crippen LogP contribution in [0.25, 0.3) is 0 Å². The second-order valence-corrected chi connectivity index (χ2v) is 10.3. The number of carbonyl (C=O) groups is 1. The van der Waals surface area contributed by atoms with Crippen molar-refractivity contribution in [3.63, 3.8) is 0 Å². The molecule has 2 aliphatic heterocycles. The van der Waals surface area contributed by atoms with E-state index in [1.165, 1.54) is 11.3 Å². The van der Waals surface area contributed by atoms with Crippen molar-refractivity contribution in [2.75, 3.05) is 38.0 Å². The first kappa shape index (κ1) is 20.3. The smallest absolute Gasteiger partial charge is 0.279 e. The van der Waals surface area contributed by atoms with E-state index >= 15 is 0 Å². The second kappa shape index (κ2) is 8.71. The first-order valence-corrected chi connectivity index (χ1v) is 11.5. The molecule has 0 aliphatic carbocycles. The van der Waals surface area contributed by atoms with Crippen molar-refractivity contribution in [2.45, 2.75) is 44.4 Å². The zero-order chi connectivity index (χ0) is 19.4. The summed E-state index contributed by atoms with van der Waals surface area (Å²) in [4.78, 5) is 14.0. The van der Waals surface area contributed by atoms with Crippen molar-refractivity contribution in [3.8, 4) is 0 Å². The molecule has 0 saturated carbocycles. The van der Waals surface area contributed by atoms with Crippen LogP contribution in [0.2, 0.25) is 0 Å². The van der Waals surface area contributed by atoms with Crippen LogP contribution in [0.5, 0.6) is 0 Å². The predicted molar refractivity (Wildman–Crippen MR) is 106 cm³/mol. The number of sulfonamides is 1. The summed E-state index contributed by atoms with van der Waals surface area (Å²) in [6.45, 7) is 8.09. The number of piperidine rings is 2. The average molecular weight is 395 g/mol. The molecule has 0 spiro atoms. The Hall–Kier alpha value is -1.44. The quantitative estimate of drug-likeness (QED) is 0.792. The van der Waals surface area contributed by atoms with Gasteiger partial charge in [0, 0.05) is 30.6 Å². The molecule has 6 nitrogen and oxygen atoms in total. The van der Waals surface area contributed by atoms with Gasteiger partial charge in [0.05, 0.1) is 18.0 Å². The SMILES string of the molecule is C[C@H]1C[C@H](C)C[NH+](CC(=O)Nc2cccc(S(=O)(=O)N3CCCCC3)c2)C1. The summed E-state index contributed by atoms with van der Waals surface area (Å²) < 4.78 is 27.2. The fourth-order valence-corrected chi connectivity index (χ4v) is 6.05. The largest absolute Gasteiger partial charge is 0.327 e. The van der Waals surface area contributed by atoms with E-state index in [1.54, 1.807) is 28.6 Å². The lowest BCUT2D eigenvalue weighted by molar-refractivity contribution is -0.904. The molecule has 1 amide bonds. The van der Waals surface area contributed by atoms with Crippen molar-refractivity contribution < 1.29 is 18.1 Å². The molecular weight excluding hydrogens is 362 g/mol. The number of quaternary nitrogens is 1. The Kier molecular flexibility index (Phi) is 6.55. The van der Waals surface area contributed by atoms with Crippen molar-refractivity contribution in [2.24, 2.45) is 11.8 Å². The summed E-state index contributed by atoms with van der Waals surface area (Å²) in [6, 6.07) is 6.64. The third kappa shape index (κ3) is 5.30. The number of nitrogens with zero attached hydrogens (tertiary/aromatic N) is 1. The molecule has 2 N–H and O–H groups in total. The summed E-state index contributed by atoms with van der Waals surface area (Å²) in [5.41, 5.74) is 0.551. The molecule has 2 heterocycles. The summed E-state index contributed by atoms with van der Waals surface area (Å²) in [6.07, 6.45) is 4.12. The number of nitrogens with one attached hydrogen (secondary N) is 2. The molecule has 1 aromatic rings. The summed E-state index contributed by atoms with van der Waals surface area (Å²) in [5.74, 6) is 1.21. The Labute approximate surface area is 163 Å². The molecule has 0 aromatic heterocycles. The third-order valence-corrected chi connectivity index (χ3v) is 7.45. The van der Waals surface area contributed by atoms with Crippen molar-refractivity contribution in [1.29, 1.82) is 0 Å². The molecule has 2 saturated heterocycles. The Morgan fingerprint density at radius 1 is 1.15 bits per heavy atom. The van der Waals surface area contributed by atoms with E-state index in [-0.39, 0.29) is 10.8 Å². The summed E-state index contributed by atoms with van der Waals surface area (Å²) >= 11 is 0. The number of anilines is 1. The molecule has 7 heteroatoms. The highest BCUT2D eigenvalue weighted by atomic mass is 32.2. The molecule has 27 heavy (non-hydrogen) atoms. The van der Waals surface area contributed by atoms with Crippen LogP contribution in [0.1, 0.15) is 39.5 Å². The Morgan fingerprint density at radius 3 is 2.48 bits per heavy atom. The average Bonchev–Trinajstić information content (AvgIpc) is 2.61. The van der Waals surface area contributed by atoms with Crippen LogP contribution in [-0.4, -0.2) is 51.4 Å². The Bertz CT molecular complexity index is 749. The fourth-order valence-electron chi connectivity index (χ4n) is 4.49. The van der Waals surface area contributed by atoms with Crippen LogP contribution in [0, 0.1) is 11.8 Å². The van der Waals surface area contributed by atoms with E-state index in [0.29, 0.717) is 37.2 Å². The van der Waals surface area contributed by atoms with Crippen LogP contribution >= 0.6 is 0 Å². The number of amides is 1. The molecule has 2 atom stereocenters. The van der Waals surface area contributed by atoms with Crippen molar-refractivity contribution in [1.82, 2.24) is 4.31 Å². The minimum atomic E-state index is -3.49. The topological polar surface area (TPSA) is 70.9 Å². The molecule has 2 aliphatic rings. The van der Waals surface area contributed by atoms with E-state index in [0.717, 1.165) is 32.4 Å². The second-order valence-electron chi connectivity index (χ2n) is 8.32. The zero-order valence-electron chi connectivity index (χ0n) is 16.4. The lowest BCUT2D eigenvalue weighted by Gasteiger charge is -2.31. The highest BCUT2D eigenvalue weighted by Gasteiger charge is 2.28. The highest BCUT2D eigenvalue weighted by molar-refractivity contribution is 7.89. The number of benzene rings is 1. The predicted octanol–water partition coefficient (Wildman–Crippen LogP) is 1.36. The first-order valence-electron chi connectivity index (χ1n) is 10.1. The van der Waals surface area contributed by atoms with Gasteiger partial charge < -0.3 is 10.2 Å². The molecule has 2 fully saturated rings. The van der Waals surface area contributed by atoms with Gasteiger partial charge >= 0.3 is 0 Å². The minimum Gasteiger partial charge on any atom is -0.327 e. The van der Waals surface area contributed by atoms with E-state index in [1.807, 2.05) is 0 Å².